The fourth-order valence-electron chi connectivity index (χ4n) is 2.18. The standard InChI is InChI=1S/C16H19NO3/c1-12(18)17-15-9-7-14(8-10-15)16(19)20-11-13-5-3-2-4-6-13/h2-3,7-10,13H,4-6,11H2,1H3,(H,17,18). The van der Waals surface area contributed by atoms with Crippen LogP contribution in [-0.2, 0) is 9.53 Å². The monoisotopic (exact) mass is 273 g/mol. The normalized spacial score (nSPS) is 17.6. The zero-order chi connectivity index (χ0) is 14.4. The molecule has 0 saturated carbocycles. The molecule has 1 aliphatic carbocycles. The number of allylic oxidation sites excluding steroid dienone is 2. The van der Waals surface area contributed by atoms with Crippen LogP contribution in [-0.4, -0.2) is 18.5 Å². The van der Waals surface area contributed by atoms with Crippen LogP contribution in [0, 0.1) is 5.92 Å². The second-order valence-electron chi connectivity index (χ2n) is 5.01. The fourth-order valence-corrected chi connectivity index (χ4v) is 2.18. The van der Waals surface area contributed by atoms with Gasteiger partial charge in [0.1, 0.15) is 0 Å². The third-order valence-electron chi connectivity index (χ3n) is 3.27. The SMILES string of the molecule is CC(=O)Nc1ccc(C(=O)OCC2CC=CCC2)cc1. The average molecular weight is 273 g/mol. The Kier molecular flexibility index (Phi) is 4.93. The van der Waals surface area contributed by atoms with E-state index in [1.165, 1.54) is 6.92 Å². The molecular formula is C16H19NO3. The van der Waals surface area contributed by atoms with Gasteiger partial charge in [-0.2, -0.15) is 0 Å². The summed E-state index contributed by atoms with van der Waals surface area (Å²) in [4.78, 5) is 22.8. The van der Waals surface area contributed by atoms with Gasteiger partial charge in [0.15, 0.2) is 0 Å². The zero-order valence-corrected chi connectivity index (χ0v) is 11.6. The summed E-state index contributed by atoms with van der Waals surface area (Å²) in [6.45, 7) is 1.91. The highest BCUT2D eigenvalue weighted by Gasteiger charge is 2.14. The lowest BCUT2D eigenvalue weighted by atomic mass is 9.95. The molecule has 2 rings (SSSR count). The first-order valence-corrected chi connectivity index (χ1v) is 6.85. The maximum Gasteiger partial charge on any atom is 0.338 e. The molecule has 1 amide bonds. The fraction of sp³-hybridized carbons (Fsp3) is 0.375. The molecule has 20 heavy (non-hydrogen) atoms. The quantitative estimate of drug-likeness (QED) is 0.677. The van der Waals surface area contributed by atoms with Gasteiger partial charge >= 0.3 is 5.97 Å². The number of carbonyl (C=O) groups is 2. The van der Waals surface area contributed by atoms with Gasteiger partial charge in [0, 0.05) is 12.6 Å². The topological polar surface area (TPSA) is 55.4 Å². The highest BCUT2D eigenvalue weighted by molar-refractivity contribution is 5.92. The molecule has 1 aromatic rings. The van der Waals surface area contributed by atoms with E-state index in [0.29, 0.717) is 23.8 Å². The number of nitrogens with one attached hydrogen (secondary N) is 1. The summed E-state index contributed by atoms with van der Waals surface area (Å²) in [5, 5.41) is 2.66. The van der Waals surface area contributed by atoms with E-state index in [1.807, 2.05) is 0 Å². The van der Waals surface area contributed by atoms with Crippen molar-refractivity contribution in [3.63, 3.8) is 0 Å². The van der Waals surface area contributed by atoms with E-state index in [4.69, 9.17) is 4.74 Å². The van der Waals surface area contributed by atoms with Crippen molar-refractivity contribution in [1.29, 1.82) is 0 Å². The van der Waals surface area contributed by atoms with Crippen LogP contribution in [0.1, 0.15) is 36.5 Å². The van der Waals surface area contributed by atoms with Crippen LogP contribution >= 0.6 is 0 Å². The van der Waals surface area contributed by atoms with Gasteiger partial charge in [-0.1, -0.05) is 12.2 Å². The summed E-state index contributed by atoms with van der Waals surface area (Å²) in [6, 6.07) is 6.71. The lowest BCUT2D eigenvalue weighted by Crippen LogP contribution is -2.15. The summed E-state index contributed by atoms with van der Waals surface area (Å²) in [5.74, 6) is -0.0118. The van der Waals surface area contributed by atoms with Crippen LogP contribution in [0.25, 0.3) is 0 Å². The smallest absolute Gasteiger partial charge is 0.338 e. The van der Waals surface area contributed by atoms with E-state index < -0.39 is 0 Å². The molecule has 1 unspecified atom stereocenters. The lowest BCUT2D eigenvalue weighted by Gasteiger charge is -2.17. The van der Waals surface area contributed by atoms with Gasteiger partial charge < -0.3 is 10.1 Å². The van der Waals surface area contributed by atoms with E-state index in [-0.39, 0.29) is 11.9 Å². The molecule has 0 spiro atoms. The van der Waals surface area contributed by atoms with Crippen molar-refractivity contribution in [2.45, 2.75) is 26.2 Å². The first-order valence-electron chi connectivity index (χ1n) is 6.85. The van der Waals surface area contributed by atoms with Crippen LogP contribution in [0.3, 0.4) is 0 Å². The Morgan fingerprint density at radius 1 is 1.25 bits per heavy atom. The lowest BCUT2D eigenvalue weighted by molar-refractivity contribution is -0.114. The van der Waals surface area contributed by atoms with Crippen molar-refractivity contribution in [2.75, 3.05) is 11.9 Å². The number of amides is 1. The molecule has 1 atom stereocenters. The molecule has 0 heterocycles. The predicted molar refractivity (Wildman–Crippen MR) is 77.5 cm³/mol. The first-order chi connectivity index (χ1) is 9.65. The molecule has 106 valence electrons. The molecule has 0 aliphatic heterocycles. The molecule has 0 fully saturated rings. The summed E-state index contributed by atoms with van der Waals surface area (Å²) in [6.07, 6.45) is 7.43. The summed E-state index contributed by atoms with van der Waals surface area (Å²) < 4.78 is 5.33. The summed E-state index contributed by atoms with van der Waals surface area (Å²) in [5.41, 5.74) is 1.18. The molecule has 0 saturated heterocycles. The number of rotatable bonds is 4. The van der Waals surface area contributed by atoms with Crippen molar-refractivity contribution in [1.82, 2.24) is 0 Å². The number of esters is 1. The van der Waals surface area contributed by atoms with Gasteiger partial charge in [0.05, 0.1) is 12.2 Å². The van der Waals surface area contributed by atoms with Crippen LogP contribution in [0.5, 0.6) is 0 Å². The van der Waals surface area contributed by atoms with Gasteiger partial charge in [0.2, 0.25) is 5.91 Å². The highest BCUT2D eigenvalue weighted by atomic mass is 16.5. The third-order valence-corrected chi connectivity index (χ3v) is 3.27. The van der Waals surface area contributed by atoms with Crippen LogP contribution < -0.4 is 5.32 Å². The van der Waals surface area contributed by atoms with Gasteiger partial charge in [0.25, 0.3) is 0 Å². The number of hydrogen-bond acceptors (Lipinski definition) is 3. The van der Waals surface area contributed by atoms with Crippen LogP contribution in [0.2, 0.25) is 0 Å². The van der Waals surface area contributed by atoms with Gasteiger partial charge in [-0.3, -0.25) is 4.79 Å². The Morgan fingerprint density at radius 3 is 2.60 bits per heavy atom. The average Bonchev–Trinajstić information content (AvgIpc) is 2.46. The second kappa shape index (κ2) is 6.89. The molecule has 0 radical (unpaired) electrons. The Balaban J connectivity index is 1.85. The highest BCUT2D eigenvalue weighted by Crippen LogP contribution is 2.19. The Morgan fingerprint density at radius 2 is 2.00 bits per heavy atom. The van der Waals surface area contributed by atoms with Crippen molar-refractivity contribution in [3.05, 3.63) is 42.0 Å². The van der Waals surface area contributed by atoms with E-state index in [9.17, 15) is 9.59 Å². The van der Waals surface area contributed by atoms with E-state index in [2.05, 4.69) is 17.5 Å². The third kappa shape index (κ3) is 4.23. The van der Waals surface area contributed by atoms with Crippen LogP contribution in [0.4, 0.5) is 5.69 Å². The van der Waals surface area contributed by atoms with E-state index >= 15 is 0 Å². The largest absolute Gasteiger partial charge is 0.462 e. The number of ether oxygens (including phenoxy) is 1. The summed E-state index contributed by atoms with van der Waals surface area (Å²) >= 11 is 0. The molecule has 1 aromatic carbocycles. The first kappa shape index (κ1) is 14.3. The number of hydrogen-bond donors (Lipinski definition) is 1. The van der Waals surface area contributed by atoms with Crippen molar-refractivity contribution in [3.8, 4) is 0 Å². The molecule has 1 N–H and O–H groups in total. The van der Waals surface area contributed by atoms with Gasteiger partial charge in [-0.15, -0.1) is 0 Å². The zero-order valence-electron chi connectivity index (χ0n) is 11.6. The molecule has 0 aromatic heterocycles. The predicted octanol–water partition coefficient (Wildman–Crippen LogP) is 3.16. The Labute approximate surface area is 118 Å². The molecule has 0 bridgehead atoms. The van der Waals surface area contributed by atoms with E-state index in [0.717, 1.165) is 19.3 Å². The maximum atomic E-state index is 11.9. The van der Waals surface area contributed by atoms with Crippen molar-refractivity contribution < 1.29 is 14.3 Å². The van der Waals surface area contributed by atoms with Crippen molar-refractivity contribution in [2.24, 2.45) is 5.92 Å². The molecule has 1 aliphatic rings. The molecular weight excluding hydrogens is 254 g/mol. The van der Waals surface area contributed by atoms with E-state index in [1.54, 1.807) is 24.3 Å². The Hall–Kier alpha value is -2.10. The number of anilines is 1. The van der Waals surface area contributed by atoms with Gasteiger partial charge in [-0.25, -0.2) is 4.79 Å². The van der Waals surface area contributed by atoms with Crippen molar-refractivity contribution >= 4 is 17.6 Å². The minimum Gasteiger partial charge on any atom is -0.462 e. The minimum absolute atomic E-state index is 0.134. The second-order valence-corrected chi connectivity index (χ2v) is 5.01. The minimum atomic E-state index is -0.311. The molecule has 4 nitrogen and oxygen atoms in total. The Bertz CT molecular complexity index is 505. The van der Waals surface area contributed by atoms with Crippen LogP contribution in [0.15, 0.2) is 36.4 Å². The number of carbonyl (C=O) groups excluding carboxylic acids is 2. The van der Waals surface area contributed by atoms with Gasteiger partial charge in [-0.05, 0) is 49.4 Å². The maximum absolute atomic E-state index is 11.9. The summed E-state index contributed by atoms with van der Waals surface area (Å²) in [7, 11) is 0. The molecule has 4 heteroatoms. The number of benzene rings is 1.